The number of H-pyrrole nitrogens is 1. The SMILES string of the molecule is Cc1cc(C)c2cc(C#N)c(N3CCN(C(=O)c4ccccc4)CC3)[nH+]c2c1. The van der Waals surface area contributed by atoms with Gasteiger partial charge in [0.15, 0.2) is 0 Å². The highest BCUT2D eigenvalue weighted by atomic mass is 16.2. The number of hydrogen-bond donors (Lipinski definition) is 0. The zero-order chi connectivity index (χ0) is 19.7. The van der Waals surface area contributed by atoms with Gasteiger partial charge >= 0.3 is 0 Å². The van der Waals surface area contributed by atoms with E-state index in [0.29, 0.717) is 31.7 Å². The maximum atomic E-state index is 12.7. The Morgan fingerprint density at radius 2 is 1.75 bits per heavy atom. The van der Waals surface area contributed by atoms with Gasteiger partial charge in [0.25, 0.3) is 11.7 Å². The standard InChI is InChI=1S/C23H22N4O/c1-16-12-17(2)20-14-19(15-24)22(25-21(20)13-16)26-8-10-27(11-9-26)23(28)18-6-4-3-5-7-18/h3-7,12-14H,8-11H2,1-2H3/p+1. The van der Waals surface area contributed by atoms with Gasteiger partial charge in [0.05, 0.1) is 13.1 Å². The number of aromatic nitrogens is 1. The van der Waals surface area contributed by atoms with E-state index in [1.165, 1.54) is 5.56 Å². The van der Waals surface area contributed by atoms with E-state index in [1.807, 2.05) is 41.3 Å². The highest BCUT2D eigenvalue weighted by molar-refractivity contribution is 5.94. The monoisotopic (exact) mass is 371 g/mol. The fourth-order valence-corrected chi connectivity index (χ4v) is 3.91. The third-order valence-electron chi connectivity index (χ3n) is 5.35. The van der Waals surface area contributed by atoms with Crippen LogP contribution < -0.4 is 9.88 Å². The predicted octanol–water partition coefficient (Wildman–Crippen LogP) is 3.10. The minimum absolute atomic E-state index is 0.0643. The molecule has 1 aromatic heterocycles. The second-order valence-corrected chi connectivity index (χ2v) is 7.33. The largest absolute Gasteiger partial charge is 0.331 e. The molecule has 4 rings (SSSR count). The number of pyridine rings is 1. The number of amides is 1. The van der Waals surface area contributed by atoms with Gasteiger partial charge < -0.3 is 4.90 Å². The molecule has 0 spiro atoms. The average Bonchev–Trinajstić information content (AvgIpc) is 2.73. The van der Waals surface area contributed by atoms with E-state index in [4.69, 9.17) is 0 Å². The van der Waals surface area contributed by atoms with Crippen molar-refractivity contribution in [3.05, 3.63) is 70.8 Å². The van der Waals surface area contributed by atoms with Crippen LogP contribution in [0.3, 0.4) is 0 Å². The summed E-state index contributed by atoms with van der Waals surface area (Å²) in [5, 5.41) is 10.8. The van der Waals surface area contributed by atoms with Crippen molar-refractivity contribution in [2.24, 2.45) is 0 Å². The number of aryl methyl sites for hydroxylation is 2. The summed E-state index contributed by atoms with van der Waals surface area (Å²) < 4.78 is 0. The van der Waals surface area contributed by atoms with Crippen molar-refractivity contribution in [2.45, 2.75) is 13.8 Å². The molecule has 2 heterocycles. The van der Waals surface area contributed by atoms with Crippen molar-refractivity contribution >= 4 is 22.6 Å². The van der Waals surface area contributed by atoms with Gasteiger partial charge in [-0.15, -0.1) is 0 Å². The van der Waals surface area contributed by atoms with E-state index in [0.717, 1.165) is 27.8 Å². The second kappa shape index (κ2) is 7.32. The number of aromatic amines is 1. The lowest BCUT2D eigenvalue weighted by Gasteiger charge is -2.31. The number of hydrogen-bond acceptors (Lipinski definition) is 3. The Balaban J connectivity index is 1.58. The van der Waals surface area contributed by atoms with Crippen molar-refractivity contribution in [2.75, 3.05) is 31.1 Å². The number of nitriles is 1. The summed E-state index contributed by atoms with van der Waals surface area (Å²) in [6.45, 7) is 6.80. The summed E-state index contributed by atoms with van der Waals surface area (Å²) in [6.07, 6.45) is 0. The molecule has 1 amide bonds. The molecule has 1 aliphatic heterocycles. The van der Waals surface area contributed by atoms with Gasteiger partial charge in [-0.1, -0.05) is 24.3 Å². The Morgan fingerprint density at radius 1 is 1.04 bits per heavy atom. The van der Waals surface area contributed by atoms with Crippen molar-refractivity contribution in [3.63, 3.8) is 0 Å². The van der Waals surface area contributed by atoms with Gasteiger partial charge in [-0.05, 0) is 49.2 Å². The zero-order valence-electron chi connectivity index (χ0n) is 16.2. The Morgan fingerprint density at radius 3 is 2.43 bits per heavy atom. The molecule has 1 N–H and O–H groups in total. The van der Waals surface area contributed by atoms with Gasteiger partial charge in [-0.3, -0.25) is 9.69 Å². The molecule has 28 heavy (non-hydrogen) atoms. The highest BCUT2D eigenvalue weighted by Gasteiger charge is 2.29. The molecule has 0 saturated carbocycles. The van der Waals surface area contributed by atoms with E-state index in [-0.39, 0.29) is 5.91 Å². The van der Waals surface area contributed by atoms with Crippen LogP contribution in [0.2, 0.25) is 0 Å². The number of nitrogens with zero attached hydrogens (tertiary/aromatic N) is 3. The molecule has 2 aromatic carbocycles. The molecule has 140 valence electrons. The van der Waals surface area contributed by atoms with Crippen LogP contribution in [-0.4, -0.2) is 37.0 Å². The van der Waals surface area contributed by atoms with E-state index < -0.39 is 0 Å². The Hall–Kier alpha value is -3.39. The van der Waals surface area contributed by atoms with Crippen LogP contribution in [0.4, 0.5) is 5.82 Å². The van der Waals surface area contributed by atoms with Gasteiger partial charge in [-0.2, -0.15) is 5.26 Å². The number of benzene rings is 2. The van der Waals surface area contributed by atoms with Gasteiger partial charge in [-0.25, -0.2) is 4.98 Å². The molecule has 0 unspecified atom stereocenters. The molecule has 1 fully saturated rings. The summed E-state index contributed by atoms with van der Waals surface area (Å²) in [4.78, 5) is 20.2. The third-order valence-corrected chi connectivity index (χ3v) is 5.35. The summed E-state index contributed by atoms with van der Waals surface area (Å²) in [6, 6.07) is 17.9. The zero-order valence-corrected chi connectivity index (χ0v) is 16.2. The lowest BCUT2D eigenvalue weighted by Crippen LogP contribution is -2.50. The maximum Gasteiger partial charge on any atom is 0.293 e. The minimum Gasteiger partial charge on any atom is -0.331 e. The normalized spacial score (nSPS) is 14.2. The first kappa shape index (κ1) is 18.0. The smallest absolute Gasteiger partial charge is 0.293 e. The molecule has 0 radical (unpaired) electrons. The number of piperazine rings is 1. The van der Waals surface area contributed by atoms with Crippen LogP contribution in [0.1, 0.15) is 27.0 Å². The van der Waals surface area contributed by atoms with Crippen LogP contribution in [0.15, 0.2) is 48.5 Å². The average molecular weight is 371 g/mol. The molecule has 0 atom stereocenters. The molecule has 0 aliphatic carbocycles. The Kier molecular flexibility index (Phi) is 4.70. The maximum absolute atomic E-state index is 12.7. The number of carbonyl (C=O) groups is 1. The molecular formula is C23H23N4O+. The van der Waals surface area contributed by atoms with Crippen molar-refractivity contribution < 1.29 is 9.78 Å². The molecule has 3 aromatic rings. The van der Waals surface area contributed by atoms with E-state index in [9.17, 15) is 10.1 Å². The van der Waals surface area contributed by atoms with E-state index >= 15 is 0 Å². The number of anilines is 1. The summed E-state index contributed by atoms with van der Waals surface area (Å²) in [5.74, 6) is 0.904. The predicted molar refractivity (Wildman–Crippen MR) is 109 cm³/mol. The quantitative estimate of drug-likeness (QED) is 0.695. The molecular weight excluding hydrogens is 348 g/mol. The van der Waals surface area contributed by atoms with Crippen LogP contribution >= 0.6 is 0 Å². The molecule has 1 aliphatic rings. The minimum atomic E-state index is 0.0643. The number of fused-ring (bicyclic) bond motifs is 1. The molecule has 0 bridgehead atoms. The van der Waals surface area contributed by atoms with Crippen molar-refractivity contribution in [3.8, 4) is 6.07 Å². The highest BCUT2D eigenvalue weighted by Crippen LogP contribution is 2.24. The van der Waals surface area contributed by atoms with Gasteiger partial charge in [0.2, 0.25) is 0 Å². The summed E-state index contributed by atoms with van der Waals surface area (Å²) in [7, 11) is 0. The number of nitrogens with one attached hydrogen (secondary N) is 1. The van der Waals surface area contributed by atoms with Crippen LogP contribution in [0, 0.1) is 25.2 Å². The molecule has 5 heteroatoms. The van der Waals surface area contributed by atoms with Crippen LogP contribution in [0.25, 0.3) is 10.9 Å². The first-order chi connectivity index (χ1) is 13.6. The number of carbonyl (C=O) groups excluding carboxylic acids is 1. The van der Waals surface area contributed by atoms with Crippen LogP contribution in [0.5, 0.6) is 0 Å². The van der Waals surface area contributed by atoms with E-state index in [2.05, 4.69) is 41.9 Å². The van der Waals surface area contributed by atoms with Gasteiger partial charge in [0, 0.05) is 10.9 Å². The fraction of sp³-hybridized carbons (Fsp3) is 0.261. The third kappa shape index (κ3) is 3.29. The first-order valence-corrected chi connectivity index (χ1v) is 9.53. The first-order valence-electron chi connectivity index (χ1n) is 9.53. The second-order valence-electron chi connectivity index (χ2n) is 7.33. The van der Waals surface area contributed by atoms with Crippen molar-refractivity contribution in [1.29, 1.82) is 5.26 Å². The van der Waals surface area contributed by atoms with Crippen LogP contribution in [-0.2, 0) is 0 Å². The van der Waals surface area contributed by atoms with Crippen molar-refractivity contribution in [1.82, 2.24) is 4.90 Å². The fourth-order valence-electron chi connectivity index (χ4n) is 3.91. The summed E-state index contributed by atoms with van der Waals surface area (Å²) in [5.41, 5.74) is 4.75. The topological polar surface area (TPSA) is 61.5 Å². The van der Waals surface area contributed by atoms with Gasteiger partial charge in [0.1, 0.15) is 30.2 Å². The lowest BCUT2D eigenvalue weighted by atomic mass is 10.0. The van der Waals surface area contributed by atoms with E-state index in [1.54, 1.807) is 0 Å². The summed E-state index contributed by atoms with van der Waals surface area (Å²) >= 11 is 0. The lowest BCUT2D eigenvalue weighted by molar-refractivity contribution is -0.331. The number of rotatable bonds is 2. The molecule has 5 nitrogen and oxygen atoms in total. The molecule has 1 saturated heterocycles. The Bertz CT molecular complexity index is 1080. The Labute approximate surface area is 164 Å².